The third-order valence-electron chi connectivity index (χ3n) is 10.2. The summed E-state index contributed by atoms with van der Waals surface area (Å²) in [6, 6.07) is 0. The highest BCUT2D eigenvalue weighted by Crippen LogP contribution is 2.68. The number of aliphatic hydroxyl groups excluding tert-OH is 2. The Balaban J connectivity index is 1.55. The van der Waals surface area contributed by atoms with Crippen molar-refractivity contribution in [3.63, 3.8) is 0 Å². The highest BCUT2D eigenvalue weighted by molar-refractivity contribution is 5.66. The maximum Gasteiger partial charge on any atom is 0.303 e. The predicted molar refractivity (Wildman–Crippen MR) is 109 cm³/mol. The fraction of sp³-hybridized carbons (Fsp3) is 0.958. The molecule has 4 aliphatic carbocycles. The first-order valence-corrected chi connectivity index (χ1v) is 11.7. The Morgan fingerprint density at radius 2 is 1.68 bits per heavy atom. The summed E-state index contributed by atoms with van der Waals surface area (Å²) in [4.78, 5) is 11.1. The minimum Gasteiger partial charge on any atom is -0.481 e. The van der Waals surface area contributed by atoms with Crippen molar-refractivity contribution in [2.75, 3.05) is 0 Å². The smallest absolute Gasteiger partial charge is 0.303 e. The molecule has 0 unspecified atom stereocenters. The lowest BCUT2D eigenvalue weighted by Crippen LogP contribution is -2.58. The van der Waals surface area contributed by atoms with Crippen LogP contribution in [0.5, 0.6) is 0 Å². The summed E-state index contributed by atoms with van der Waals surface area (Å²) in [6.45, 7) is 7.16. The van der Waals surface area contributed by atoms with Crippen LogP contribution in [0.2, 0.25) is 0 Å². The predicted octanol–water partition coefficient (Wildman–Crippen LogP) is 4.48. The van der Waals surface area contributed by atoms with Crippen molar-refractivity contribution in [1.29, 1.82) is 0 Å². The minimum absolute atomic E-state index is 0.179. The van der Waals surface area contributed by atoms with Crippen molar-refractivity contribution in [1.82, 2.24) is 0 Å². The van der Waals surface area contributed by atoms with E-state index in [1.165, 1.54) is 25.7 Å². The van der Waals surface area contributed by atoms with Crippen molar-refractivity contribution in [3.8, 4) is 0 Å². The van der Waals surface area contributed by atoms with Crippen molar-refractivity contribution in [2.24, 2.45) is 46.3 Å². The number of fused-ring (bicyclic) bond motifs is 5. The second-order valence-corrected chi connectivity index (χ2v) is 11.4. The van der Waals surface area contributed by atoms with E-state index in [1.807, 2.05) is 0 Å². The molecule has 0 radical (unpaired) electrons. The number of rotatable bonds is 4. The quantitative estimate of drug-likeness (QED) is 0.659. The zero-order valence-corrected chi connectivity index (χ0v) is 17.9. The number of carboxylic acids is 1. The van der Waals surface area contributed by atoms with Gasteiger partial charge in [-0.1, -0.05) is 20.8 Å². The first-order chi connectivity index (χ1) is 13.2. The number of aliphatic hydroxyl groups is 2. The van der Waals surface area contributed by atoms with Gasteiger partial charge in [0.2, 0.25) is 0 Å². The summed E-state index contributed by atoms with van der Waals surface area (Å²) < 4.78 is 0. The summed E-state index contributed by atoms with van der Waals surface area (Å²) in [5.74, 6) is 2.36. The molecule has 4 aliphatic rings. The molecule has 4 saturated carbocycles. The van der Waals surface area contributed by atoms with E-state index in [0.29, 0.717) is 35.5 Å². The van der Waals surface area contributed by atoms with Crippen LogP contribution in [0.3, 0.4) is 0 Å². The summed E-state index contributed by atoms with van der Waals surface area (Å²) in [5.41, 5.74) is 0.523. The summed E-state index contributed by atoms with van der Waals surface area (Å²) in [6.07, 6.45) is 9.19. The Morgan fingerprint density at radius 1 is 1.00 bits per heavy atom. The van der Waals surface area contributed by atoms with Crippen LogP contribution in [0.4, 0.5) is 0 Å². The maximum atomic E-state index is 11.2. The third kappa shape index (κ3) is 3.14. The molecule has 0 aliphatic heterocycles. The highest BCUT2D eigenvalue weighted by atomic mass is 16.4. The molecule has 0 aromatic rings. The fourth-order valence-electron chi connectivity index (χ4n) is 8.73. The second-order valence-electron chi connectivity index (χ2n) is 11.4. The van der Waals surface area contributed by atoms with E-state index in [4.69, 9.17) is 5.11 Å². The van der Waals surface area contributed by atoms with Crippen LogP contribution in [0.25, 0.3) is 0 Å². The molecule has 4 rings (SSSR count). The van der Waals surface area contributed by atoms with E-state index in [2.05, 4.69) is 20.8 Å². The Hall–Kier alpha value is -0.610. The monoisotopic (exact) mass is 392 g/mol. The van der Waals surface area contributed by atoms with E-state index in [-0.39, 0.29) is 29.5 Å². The zero-order chi connectivity index (χ0) is 20.3. The van der Waals surface area contributed by atoms with Crippen LogP contribution >= 0.6 is 0 Å². The number of hydrogen-bond donors (Lipinski definition) is 3. The van der Waals surface area contributed by atoms with Crippen molar-refractivity contribution < 1.29 is 20.1 Å². The molecule has 28 heavy (non-hydrogen) atoms. The molecular weight excluding hydrogens is 352 g/mol. The lowest BCUT2D eigenvalue weighted by molar-refractivity contribution is -0.174. The van der Waals surface area contributed by atoms with Gasteiger partial charge in [0.15, 0.2) is 0 Å². The Morgan fingerprint density at radius 3 is 2.39 bits per heavy atom. The molecule has 0 bridgehead atoms. The number of aliphatic carboxylic acids is 1. The van der Waals surface area contributed by atoms with Crippen LogP contribution in [0.1, 0.15) is 85.0 Å². The van der Waals surface area contributed by atoms with Crippen molar-refractivity contribution in [2.45, 2.75) is 97.2 Å². The minimum atomic E-state index is -0.684. The van der Waals surface area contributed by atoms with Gasteiger partial charge < -0.3 is 15.3 Å². The largest absolute Gasteiger partial charge is 0.481 e. The van der Waals surface area contributed by atoms with Crippen LogP contribution < -0.4 is 0 Å². The topological polar surface area (TPSA) is 77.8 Å². The van der Waals surface area contributed by atoms with Crippen molar-refractivity contribution >= 4 is 5.97 Å². The van der Waals surface area contributed by atoms with Crippen LogP contribution in [-0.2, 0) is 4.79 Å². The van der Waals surface area contributed by atoms with Gasteiger partial charge >= 0.3 is 5.97 Å². The highest BCUT2D eigenvalue weighted by Gasteiger charge is 2.62. The number of carbonyl (C=O) groups is 1. The SMILES string of the molecule is C[C@@H](CCC(=O)O)[C@@H]1CC[C@@H]2[C@H]3[C@H](O)C[C@H]4C[C@@H](O)CC[C@]4(C)[C@@H]3CC[C@]21C. The first kappa shape index (κ1) is 20.7. The van der Waals surface area contributed by atoms with E-state index >= 15 is 0 Å². The fourth-order valence-corrected chi connectivity index (χ4v) is 8.73. The summed E-state index contributed by atoms with van der Waals surface area (Å²) >= 11 is 0. The average molecular weight is 393 g/mol. The van der Waals surface area contributed by atoms with Crippen LogP contribution in [0, 0.1) is 46.3 Å². The summed E-state index contributed by atoms with van der Waals surface area (Å²) in [7, 11) is 0. The van der Waals surface area contributed by atoms with E-state index < -0.39 is 5.97 Å². The van der Waals surface area contributed by atoms with Gasteiger partial charge in [-0.3, -0.25) is 4.79 Å². The standard InChI is InChI=1S/C24H40O4/c1-14(4-7-21(27)28)17-5-6-18-22-19(9-11-24(17,18)3)23(2)10-8-16(25)12-15(23)13-20(22)26/h14-20,22,25-26H,4-13H2,1-3H3,(H,27,28)/t14-,15+,16-,17-,18+,19+,20+,22+,23-,24-/m0/s1. The summed E-state index contributed by atoms with van der Waals surface area (Å²) in [5, 5.41) is 30.5. The molecule has 0 aromatic heterocycles. The molecule has 3 N–H and O–H groups in total. The molecule has 4 nitrogen and oxygen atoms in total. The normalized spacial score (nSPS) is 51.7. The van der Waals surface area contributed by atoms with Gasteiger partial charge in [0, 0.05) is 6.42 Å². The van der Waals surface area contributed by atoms with E-state index in [9.17, 15) is 15.0 Å². The Labute approximate surface area is 170 Å². The molecule has 0 saturated heterocycles. The second kappa shape index (κ2) is 7.27. The van der Waals surface area contributed by atoms with Crippen LogP contribution in [0.15, 0.2) is 0 Å². The van der Waals surface area contributed by atoms with E-state index in [1.54, 1.807) is 0 Å². The molecular formula is C24H40O4. The van der Waals surface area contributed by atoms with Crippen molar-refractivity contribution in [3.05, 3.63) is 0 Å². The molecule has 0 aromatic carbocycles. The van der Waals surface area contributed by atoms with Gasteiger partial charge in [0.1, 0.15) is 0 Å². The molecule has 0 amide bonds. The zero-order valence-electron chi connectivity index (χ0n) is 17.9. The lowest BCUT2D eigenvalue weighted by atomic mass is 9.43. The first-order valence-electron chi connectivity index (χ1n) is 11.7. The van der Waals surface area contributed by atoms with Gasteiger partial charge in [-0.25, -0.2) is 0 Å². The molecule has 4 fully saturated rings. The Bertz CT molecular complexity index is 605. The number of hydrogen-bond acceptors (Lipinski definition) is 3. The van der Waals surface area contributed by atoms with E-state index in [0.717, 1.165) is 32.1 Å². The van der Waals surface area contributed by atoms with Gasteiger partial charge in [-0.2, -0.15) is 0 Å². The van der Waals surface area contributed by atoms with Crippen LogP contribution in [-0.4, -0.2) is 33.5 Å². The third-order valence-corrected chi connectivity index (χ3v) is 10.2. The molecule has 4 heteroatoms. The molecule has 10 atom stereocenters. The Kier molecular flexibility index (Phi) is 5.36. The molecule has 160 valence electrons. The lowest BCUT2D eigenvalue weighted by Gasteiger charge is -2.62. The maximum absolute atomic E-state index is 11.2. The van der Waals surface area contributed by atoms with Gasteiger partial charge in [-0.15, -0.1) is 0 Å². The van der Waals surface area contributed by atoms with Gasteiger partial charge in [-0.05, 0) is 104 Å². The van der Waals surface area contributed by atoms with Gasteiger partial charge in [0.05, 0.1) is 12.2 Å². The average Bonchev–Trinajstić information content (AvgIpc) is 2.98. The molecule has 0 spiro atoms. The number of carboxylic acid groups (broad SMARTS) is 1. The molecule has 0 heterocycles. The van der Waals surface area contributed by atoms with Gasteiger partial charge in [0.25, 0.3) is 0 Å².